The highest BCUT2D eigenvalue weighted by molar-refractivity contribution is 5.85. The lowest BCUT2D eigenvalue weighted by molar-refractivity contribution is 0.113. The molecule has 3 nitrogen and oxygen atoms in total. The first-order chi connectivity index (χ1) is 7.03. The SMILES string of the molecule is CC(C)(N)CN1CCN(CC2CC2)CC1.Cl. The van der Waals surface area contributed by atoms with Crippen LogP contribution in [0.15, 0.2) is 0 Å². The van der Waals surface area contributed by atoms with Gasteiger partial charge in [0.1, 0.15) is 0 Å². The normalized spacial score (nSPS) is 24.2. The van der Waals surface area contributed by atoms with E-state index in [1.165, 1.54) is 45.6 Å². The average molecular weight is 248 g/mol. The number of nitrogens with zero attached hydrogens (tertiary/aromatic N) is 2. The van der Waals surface area contributed by atoms with E-state index in [9.17, 15) is 0 Å². The van der Waals surface area contributed by atoms with E-state index in [0.29, 0.717) is 0 Å². The molecule has 1 aliphatic heterocycles. The van der Waals surface area contributed by atoms with E-state index < -0.39 is 0 Å². The zero-order valence-electron chi connectivity index (χ0n) is 10.6. The monoisotopic (exact) mass is 247 g/mol. The summed E-state index contributed by atoms with van der Waals surface area (Å²) in [6.45, 7) is 11.5. The Bertz CT molecular complexity index is 203. The van der Waals surface area contributed by atoms with Crippen LogP contribution < -0.4 is 5.73 Å². The second kappa shape index (κ2) is 5.67. The third-order valence-corrected chi connectivity index (χ3v) is 3.31. The Balaban J connectivity index is 0.00000128. The lowest BCUT2D eigenvalue weighted by atomic mass is 10.1. The molecule has 96 valence electrons. The van der Waals surface area contributed by atoms with Crippen molar-refractivity contribution in [1.82, 2.24) is 9.80 Å². The van der Waals surface area contributed by atoms with Gasteiger partial charge in [0.2, 0.25) is 0 Å². The standard InChI is InChI=1S/C12H25N3.ClH/c1-12(2,13)10-15-7-5-14(6-8-15)9-11-3-4-11;/h11H,3-10,13H2,1-2H3;1H. The molecular formula is C12H26ClN3. The molecule has 0 amide bonds. The summed E-state index contributed by atoms with van der Waals surface area (Å²) in [6, 6.07) is 0. The molecule has 16 heavy (non-hydrogen) atoms. The van der Waals surface area contributed by atoms with Crippen molar-refractivity contribution in [3.8, 4) is 0 Å². The molecule has 2 fully saturated rings. The van der Waals surface area contributed by atoms with Gasteiger partial charge in [-0.2, -0.15) is 0 Å². The van der Waals surface area contributed by atoms with Crippen molar-refractivity contribution < 1.29 is 0 Å². The van der Waals surface area contributed by atoms with Crippen LogP contribution in [0.3, 0.4) is 0 Å². The molecule has 0 aromatic carbocycles. The predicted octanol–water partition coefficient (Wildman–Crippen LogP) is 1.17. The number of piperazine rings is 1. The van der Waals surface area contributed by atoms with Crippen molar-refractivity contribution >= 4 is 12.4 Å². The van der Waals surface area contributed by atoms with Gasteiger partial charge in [0.15, 0.2) is 0 Å². The molecule has 1 saturated heterocycles. The van der Waals surface area contributed by atoms with Gasteiger partial charge >= 0.3 is 0 Å². The van der Waals surface area contributed by atoms with Gasteiger partial charge in [-0.1, -0.05) is 0 Å². The fraction of sp³-hybridized carbons (Fsp3) is 1.00. The maximum Gasteiger partial charge on any atom is 0.0226 e. The molecule has 4 heteroatoms. The van der Waals surface area contributed by atoms with Crippen molar-refractivity contribution in [2.24, 2.45) is 11.7 Å². The van der Waals surface area contributed by atoms with Gasteiger partial charge in [-0.3, -0.25) is 4.90 Å². The number of hydrogen-bond donors (Lipinski definition) is 1. The third kappa shape index (κ3) is 5.00. The molecule has 0 radical (unpaired) electrons. The van der Waals surface area contributed by atoms with E-state index in [4.69, 9.17) is 5.73 Å². The van der Waals surface area contributed by atoms with Crippen molar-refractivity contribution in [1.29, 1.82) is 0 Å². The van der Waals surface area contributed by atoms with Crippen LogP contribution in [-0.2, 0) is 0 Å². The van der Waals surface area contributed by atoms with Crippen LogP contribution in [-0.4, -0.2) is 54.6 Å². The van der Waals surface area contributed by atoms with Crippen molar-refractivity contribution in [2.45, 2.75) is 32.2 Å². The maximum absolute atomic E-state index is 6.04. The first-order valence-electron chi connectivity index (χ1n) is 6.26. The van der Waals surface area contributed by atoms with Crippen molar-refractivity contribution in [3.05, 3.63) is 0 Å². The predicted molar refractivity (Wildman–Crippen MR) is 71.1 cm³/mol. The van der Waals surface area contributed by atoms with Crippen LogP contribution in [0.5, 0.6) is 0 Å². The molecule has 0 aromatic rings. The van der Waals surface area contributed by atoms with Gasteiger partial charge in [-0.25, -0.2) is 0 Å². The van der Waals surface area contributed by atoms with E-state index in [0.717, 1.165) is 12.5 Å². The molecule has 2 N–H and O–H groups in total. The summed E-state index contributed by atoms with van der Waals surface area (Å²) in [5.74, 6) is 1.03. The largest absolute Gasteiger partial charge is 0.324 e. The van der Waals surface area contributed by atoms with E-state index in [1.54, 1.807) is 0 Å². The summed E-state index contributed by atoms with van der Waals surface area (Å²) in [5, 5.41) is 0. The summed E-state index contributed by atoms with van der Waals surface area (Å²) in [4.78, 5) is 5.13. The van der Waals surface area contributed by atoms with Crippen LogP contribution in [0, 0.1) is 5.92 Å². The Hall–Kier alpha value is 0.170. The minimum absolute atomic E-state index is 0. The molecular weight excluding hydrogens is 222 g/mol. The second-order valence-corrected chi connectivity index (χ2v) is 6.01. The Morgan fingerprint density at radius 3 is 2.00 bits per heavy atom. The van der Waals surface area contributed by atoms with Crippen LogP contribution in [0.1, 0.15) is 26.7 Å². The van der Waals surface area contributed by atoms with E-state index in [1.807, 2.05) is 0 Å². The molecule has 0 unspecified atom stereocenters. The molecule has 0 atom stereocenters. The lowest BCUT2D eigenvalue weighted by Crippen LogP contribution is -2.53. The Morgan fingerprint density at radius 1 is 1.06 bits per heavy atom. The van der Waals surface area contributed by atoms with Gasteiger partial charge in [0.25, 0.3) is 0 Å². The Kier molecular flexibility index (Phi) is 5.05. The molecule has 1 saturated carbocycles. The Morgan fingerprint density at radius 2 is 1.56 bits per heavy atom. The summed E-state index contributed by atoms with van der Waals surface area (Å²) < 4.78 is 0. The minimum atomic E-state index is -0.0430. The van der Waals surface area contributed by atoms with E-state index in [2.05, 4.69) is 23.6 Å². The van der Waals surface area contributed by atoms with Crippen LogP contribution in [0.2, 0.25) is 0 Å². The van der Waals surface area contributed by atoms with Crippen molar-refractivity contribution in [2.75, 3.05) is 39.3 Å². The number of halogens is 1. The highest BCUT2D eigenvalue weighted by Crippen LogP contribution is 2.29. The van der Waals surface area contributed by atoms with Gasteiger partial charge in [0.05, 0.1) is 0 Å². The summed E-state index contributed by atoms with van der Waals surface area (Å²) in [5.41, 5.74) is 5.99. The highest BCUT2D eigenvalue weighted by Gasteiger charge is 2.27. The quantitative estimate of drug-likeness (QED) is 0.810. The topological polar surface area (TPSA) is 32.5 Å². The lowest BCUT2D eigenvalue weighted by Gasteiger charge is -2.37. The van der Waals surface area contributed by atoms with Gasteiger partial charge < -0.3 is 10.6 Å². The summed E-state index contributed by atoms with van der Waals surface area (Å²) >= 11 is 0. The smallest absolute Gasteiger partial charge is 0.0226 e. The van der Waals surface area contributed by atoms with Gasteiger partial charge in [0, 0.05) is 44.8 Å². The van der Waals surface area contributed by atoms with Crippen LogP contribution in [0.4, 0.5) is 0 Å². The third-order valence-electron chi connectivity index (χ3n) is 3.31. The zero-order chi connectivity index (χ0) is 10.9. The van der Waals surface area contributed by atoms with Gasteiger partial charge in [-0.15, -0.1) is 12.4 Å². The number of hydrogen-bond acceptors (Lipinski definition) is 3. The fourth-order valence-corrected chi connectivity index (χ4v) is 2.37. The molecule has 1 heterocycles. The molecule has 0 bridgehead atoms. The second-order valence-electron chi connectivity index (χ2n) is 6.01. The van der Waals surface area contributed by atoms with E-state index in [-0.39, 0.29) is 17.9 Å². The first-order valence-corrected chi connectivity index (χ1v) is 6.26. The van der Waals surface area contributed by atoms with Gasteiger partial charge in [-0.05, 0) is 32.6 Å². The molecule has 0 aromatic heterocycles. The average Bonchev–Trinajstić information content (AvgIpc) is 2.90. The molecule has 0 spiro atoms. The molecule has 2 aliphatic rings. The Labute approximate surface area is 106 Å². The zero-order valence-corrected chi connectivity index (χ0v) is 11.4. The summed E-state index contributed by atoms with van der Waals surface area (Å²) in [6.07, 6.45) is 2.94. The van der Waals surface area contributed by atoms with Crippen LogP contribution in [0.25, 0.3) is 0 Å². The highest BCUT2D eigenvalue weighted by atomic mass is 35.5. The van der Waals surface area contributed by atoms with E-state index >= 15 is 0 Å². The molecule has 1 aliphatic carbocycles. The first kappa shape index (κ1) is 14.2. The summed E-state index contributed by atoms with van der Waals surface area (Å²) in [7, 11) is 0. The number of nitrogens with two attached hydrogens (primary N) is 1. The fourth-order valence-electron chi connectivity index (χ4n) is 2.37. The minimum Gasteiger partial charge on any atom is -0.324 e. The maximum atomic E-state index is 6.04. The van der Waals surface area contributed by atoms with Crippen LogP contribution >= 0.6 is 12.4 Å². The molecule has 2 rings (SSSR count). The van der Waals surface area contributed by atoms with Crippen molar-refractivity contribution in [3.63, 3.8) is 0 Å². The number of rotatable bonds is 4.